The predicted molar refractivity (Wildman–Crippen MR) is 109 cm³/mol. The molecule has 0 amide bonds. The van der Waals surface area contributed by atoms with Crippen molar-refractivity contribution in [2.75, 3.05) is 26.7 Å². The molecule has 0 aliphatic heterocycles. The van der Waals surface area contributed by atoms with Crippen LogP contribution in [0.5, 0.6) is 0 Å². The quantitative estimate of drug-likeness (QED) is 0.366. The molecule has 8 nitrogen and oxygen atoms in total. The summed E-state index contributed by atoms with van der Waals surface area (Å²) in [6.45, 7) is 5.06. The van der Waals surface area contributed by atoms with Crippen LogP contribution >= 0.6 is 0 Å². The van der Waals surface area contributed by atoms with E-state index in [4.69, 9.17) is 0 Å². The average molecular weight is 381 g/mol. The van der Waals surface area contributed by atoms with E-state index in [0.717, 1.165) is 19.6 Å². The van der Waals surface area contributed by atoms with Crippen LogP contribution in [0.25, 0.3) is 16.6 Å². The first kappa shape index (κ1) is 19.7. The second kappa shape index (κ2) is 8.73. The van der Waals surface area contributed by atoms with Crippen molar-refractivity contribution in [2.45, 2.75) is 13.5 Å². The molecule has 28 heavy (non-hydrogen) atoms. The molecule has 0 fully saturated rings. The van der Waals surface area contributed by atoms with E-state index in [1.165, 1.54) is 22.8 Å². The summed E-state index contributed by atoms with van der Waals surface area (Å²) in [5.74, 6) is 0.594. The van der Waals surface area contributed by atoms with Crippen LogP contribution in [-0.4, -0.2) is 46.1 Å². The van der Waals surface area contributed by atoms with Crippen molar-refractivity contribution in [3.05, 3.63) is 74.8 Å². The highest BCUT2D eigenvalue weighted by Gasteiger charge is 2.17. The molecule has 0 aliphatic rings. The summed E-state index contributed by atoms with van der Waals surface area (Å²) in [6.07, 6.45) is 0. The van der Waals surface area contributed by atoms with Gasteiger partial charge in [0.15, 0.2) is 0 Å². The van der Waals surface area contributed by atoms with Gasteiger partial charge in [-0.1, -0.05) is 25.1 Å². The highest BCUT2D eigenvalue weighted by Crippen LogP contribution is 2.19. The summed E-state index contributed by atoms with van der Waals surface area (Å²) < 4.78 is 1.54. The van der Waals surface area contributed by atoms with Crippen molar-refractivity contribution in [1.82, 2.24) is 19.8 Å². The molecule has 0 radical (unpaired) electrons. The van der Waals surface area contributed by atoms with Gasteiger partial charge in [-0.15, -0.1) is 0 Å². The second-order valence-electron chi connectivity index (χ2n) is 6.55. The molecule has 2 aromatic carbocycles. The van der Waals surface area contributed by atoms with Gasteiger partial charge in [0.05, 0.1) is 28.1 Å². The van der Waals surface area contributed by atoms with Crippen LogP contribution in [0.1, 0.15) is 12.7 Å². The number of fused-ring (bicyclic) bond motifs is 1. The first-order valence-corrected chi connectivity index (χ1v) is 9.16. The number of para-hydroxylation sites is 1. The smallest absolute Gasteiger partial charge is 0.270 e. The van der Waals surface area contributed by atoms with Crippen LogP contribution in [0, 0.1) is 10.1 Å². The molecular formula is C20H23N5O3. The van der Waals surface area contributed by atoms with Gasteiger partial charge in [0.1, 0.15) is 5.82 Å². The number of likely N-dealkylation sites (N-methyl/N-ethyl adjacent to an activating group) is 2. The number of aromatic nitrogens is 2. The van der Waals surface area contributed by atoms with E-state index in [2.05, 4.69) is 22.1 Å². The third-order valence-corrected chi connectivity index (χ3v) is 4.48. The Morgan fingerprint density at radius 2 is 1.96 bits per heavy atom. The first-order valence-electron chi connectivity index (χ1n) is 9.16. The fraction of sp³-hybridized carbons (Fsp3) is 0.300. The van der Waals surface area contributed by atoms with Crippen molar-refractivity contribution >= 4 is 16.6 Å². The van der Waals surface area contributed by atoms with Crippen LogP contribution < -0.4 is 10.9 Å². The lowest BCUT2D eigenvalue weighted by Gasteiger charge is -2.20. The molecule has 0 atom stereocenters. The summed E-state index contributed by atoms with van der Waals surface area (Å²) >= 11 is 0. The van der Waals surface area contributed by atoms with Crippen molar-refractivity contribution in [3.63, 3.8) is 0 Å². The monoisotopic (exact) mass is 381 g/mol. The van der Waals surface area contributed by atoms with Gasteiger partial charge < -0.3 is 5.32 Å². The van der Waals surface area contributed by atoms with Crippen LogP contribution in [0.3, 0.4) is 0 Å². The van der Waals surface area contributed by atoms with Gasteiger partial charge in [-0.2, -0.15) is 0 Å². The first-order chi connectivity index (χ1) is 13.5. The Balaban J connectivity index is 2.12. The molecule has 0 spiro atoms. The summed E-state index contributed by atoms with van der Waals surface area (Å²) in [6, 6.07) is 13.4. The van der Waals surface area contributed by atoms with Crippen molar-refractivity contribution in [3.8, 4) is 5.69 Å². The third-order valence-electron chi connectivity index (χ3n) is 4.48. The number of nitro benzene ring substituents is 1. The van der Waals surface area contributed by atoms with Crippen LogP contribution in [-0.2, 0) is 6.54 Å². The van der Waals surface area contributed by atoms with E-state index in [0.29, 0.717) is 23.6 Å². The van der Waals surface area contributed by atoms with Gasteiger partial charge in [0.25, 0.3) is 11.2 Å². The third kappa shape index (κ3) is 4.24. The highest BCUT2D eigenvalue weighted by molar-refractivity contribution is 5.80. The number of non-ortho nitro benzene ring substituents is 1. The van der Waals surface area contributed by atoms with Crippen molar-refractivity contribution in [1.29, 1.82) is 0 Å². The Kier molecular flexibility index (Phi) is 6.13. The van der Waals surface area contributed by atoms with E-state index in [1.54, 1.807) is 0 Å². The summed E-state index contributed by atoms with van der Waals surface area (Å²) in [5.41, 5.74) is 0.706. The molecule has 0 bridgehead atoms. The van der Waals surface area contributed by atoms with E-state index in [9.17, 15) is 14.9 Å². The number of rotatable bonds is 8. The molecular weight excluding hydrogens is 358 g/mol. The maximum atomic E-state index is 13.2. The lowest BCUT2D eigenvalue weighted by molar-refractivity contribution is -0.384. The Labute approximate surface area is 162 Å². The molecule has 0 aliphatic carbocycles. The van der Waals surface area contributed by atoms with Crippen LogP contribution in [0.2, 0.25) is 0 Å². The number of benzene rings is 2. The summed E-state index contributed by atoms with van der Waals surface area (Å²) in [4.78, 5) is 30.6. The number of hydrogen-bond donors (Lipinski definition) is 1. The van der Waals surface area contributed by atoms with Gasteiger partial charge in [-0.05, 0) is 31.8 Å². The fourth-order valence-electron chi connectivity index (χ4n) is 3.05. The van der Waals surface area contributed by atoms with Crippen LogP contribution in [0.4, 0.5) is 5.69 Å². The molecule has 0 saturated heterocycles. The zero-order valence-electron chi connectivity index (χ0n) is 16.0. The minimum absolute atomic E-state index is 0.124. The Morgan fingerprint density at radius 3 is 2.64 bits per heavy atom. The maximum absolute atomic E-state index is 13.2. The van der Waals surface area contributed by atoms with Gasteiger partial charge in [0.2, 0.25) is 0 Å². The van der Waals surface area contributed by atoms with E-state index < -0.39 is 4.92 Å². The maximum Gasteiger partial charge on any atom is 0.270 e. The molecule has 0 unspecified atom stereocenters. The molecule has 1 aromatic heterocycles. The topological polar surface area (TPSA) is 93.3 Å². The number of nitro groups is 1. The standard InChI is InChI=1S/C20H23N5O3/c1-3-21-11-12-23(2)14-19-22-18-10-9-16(25(27)28)13-17(18)20(26)24(19)15-7-5-4-6-8-15/h4-10,13,21H,3,11-12,14H2,1-2H3. The molecule has 1 heterocycles. The Morgan fingerprint density at radius 1 is 1.21 bits per heavy atom. The minimum Gasteiger partial charge on any atom is -0.316 e. The summed E-state index contributed by atoms with van der Waals surface area (Å²) in [7, 11) is 1.97. The van der Waals surface area contributed by atoms with Gasteiger partial charge in [-0.3, -0.25) is 24.4 Å². The minimum atomic E-state index is -0.506. The number of hydrogen-bond acceptors (Lipinski definition) is 6. The zero-order chi connectivity index (χ0) is 20.1. The highest BCUT2D eigenvalue weighted by atomic mass is 16.6. The van der Waals surface area contributed by atoms with Gasteiger partial charge in [0, 0.05) is 25.2 Å². The van der Waals surface area contributed by atoms with Crippen molar-refractivity contribution in [2.24, 2.45) is 0 Å². The SMILES string of the molecule is CCNCCN(C)Cc1nc2ccc([N+](=O)[O-])cc2c(=O)n1-c1ccccc1. The van der Waals surface area contributed by atoms with E-state index in [-0.39, 0.29) is 16.6 Å². The lowest BCUT2D eigenvalue weighted by Crippen LogP contribution is -2.32. The number of nitrogens with one attached hydrogen (secondary N) is 1. The molecule has 0 saturated carbocycles. The molecule has 146 valence electrons. The summed E-state index contributed by atoms with van der Waals surface area (Å²) in [5, 5.41) is 14.6. The predicted octanol–water partition coefficient (Wildman–Crippen LogP) is 2.34. The van der Waals surface area contributed by atoms with Gasteiger partial charge in [-0.25, -0.2) is 4.98 Å². The average Bonchev–Trinajstić information content (AvgIpc) is 2.69. The van der Waals surface area contributed by atoms with Crippen LogP contribution in [0.15, 0.2) is 53.3 Å². The van der Waals surface area contributed by atoms with E-state index >= 15 is 0 Å². The Bertz CT molecular complexity index is 1030. The number of nitrogens with zero attached hydrogens (tertiary/aromatic N) is 4. The molecule has 3 aromatic rings. The van der Waals surface area contributed by atoms with Gasteiger partial charge >= 0.3 is 0 Å². The van der Waals surface area contributed by atoms with Crippen molar-refractivity contribution < 1.29 is 4.92 Å². The fourth-order valence-corrected chi connectivity index (χ4v) is 3.05. The second-order valence-corrected chi connectivity index (χ2v) is 6.55. The Hall–Kier alpha value is -3.10. The van der Waals surface area contributed by atoms with E-state index in [1.807, 2.05) is 37.4 Å². The lowest BCUT2D eigenvalue weighted by atomic mass is 10.2. The molecule has 8 heteroatoms. The molecule has 1 N–H and O–H groups in total. The normalized spacial score (nSPS) is 11.2. The molecule has 3 rings (SSSR count). The zero-order valence-corrected chi connectivity index (χ0v) is 16.0. The largest absolute Gasteiger partial charge is 0.316 e.